The number of ether oxygens (including phenoxy) is 2. The first-order valence-corrected chi connectivity index (χ1v) is 12.5. The van der Waals surface area contributed by atoms with Crippen molar-refractivity contribution in [1.82, 2.24) is 15.5 Å². The first-order chi connectivity index (χ1) is 17.1. The number of amides is 3. The van der Waals surface area contributed by atoms with Gasteiger partial charge in [-0.1, -0.05) is 30.3 Å². The second-order valence-electron chi connectivity index (χ2n) is 10.9. The van der Waals surface area contributed by atoms with Crippen molar-refractivity contribution in [2.45, 2.75) is 51.4 Å². The van der Waals surface area contributed by atoms with Crippen molar-refractivity contribution in [2.24, 2.45) is 11.8 Å². The van der Waals surface area contributed by atoms with Gasteiger partial charge in [0.2, 0.25) is 0 Å². The van der Waals surface area contributed by atoms with Crippen LogP contribution in [0.4, 0.5) is 4.79 Å². The topological polar surface area (TPSA) is 97.0 Å². The summed E-state index contributed by atoms with van der Waals surface area (Å²) in [5.41, 5.74) is 2.17. The lowest BCUT2D eigenvalue weighted by molar-refractivity contribution is 0.0269. The average Bonchev–Trinajstić information content (AvgIpc) is 3.15. The number of benzene rings is 2. The molecular weight excluding hydrogens is 458 g/mol. The fourth-order valence-corrected chi connectivity index (χ4v) is 5.52. The van der Waals surface area contributed by atoms with Gasteiger partial charge in [-0.15, -0.1) is 0 Å². The molecular formula is C28H33N3O5. The summed E-state index contributed by atoms with van der Waals surface area (Å²) in [5.74, 6) is 0.365. The van der Waals surface area contributed by atoms with Crippen LogP contribution in [0.1, 0.15) is 65.5 Å². The van der Waals surface area contributed by atoms with Gasteiger partial charge in [0.1, 0.15) is 17.5 Å². The van der Waals surface area contributed by atoms with Crippen LogP contribution in [0.3, 0.4) is 0 Å². The van der Waals surface area contributed by atoms with E-state index < -0.39 is 5.60 Å². The van der Waals surface area contributed by atoms with Crippen LogP contribution < -0.4 is 15.4 Å². The van der Waals surface area contributed by atoms with Gasteiger partial charge in [0.15, 0.2) is 0 Å². The van der Waals surface area contributed by atoms with Gasteiger partial charge in [-0.25, -0.2) is 4.79 Å². The molecule has 2 heterocycles. The largest absolute Gasteiger partial charge is 0.489 e. The molecule has 1 unspecified atom stereocenters. The molecule has 0 aromatic heterocycles. The molecule has 1 aliphatic carbocycles. The van der Waals surface area contributed by atoms with E-state index in [1.807, 2.05) is 64.1 Å². The highest BCUT2D eigenvalue weighted by atomic mass is 16.6. The summed E-state index contributed by atoms with van der Waals surface area (Å²) in [6, 6.07) is 13.4. The molecule has 1 saturated carbocycles. The molecule has 8 nitrogen and oxygen atoms in total. The fourth-order valence-electron chi connectivity index (χ4n) is 5.52. The summed E-state index contributed by atoms with van der Waals surface area (Å²) in [6.07, 6.45) is -0.486. The zero-order valence-electron chi connectivity index (χ0n) is 21.3. The van der Waals surface area contributed by atoms with Crippen LogP contribution in [0.25, 0.3) is 0 Å². The molecule has 190 valence electrons. The standard InChI is InChI=1S/C28H33N3O5/c1-15-22(16-9-7-6-8-10-16)18-11-17(12-19(24(18)35-15)26(33)29-5)25(32)30-23-20-13-31(14-21(20)23)27(34)36-28(2,3)4/h6-12,15,20-23H,13-14H2,1-5H3,(H,29,33)(H,30,32)/t15-,20-,21+,22+,23?/m1/s1. The van der Waals surface area contributed by atoms with Gasteiger partial charge in [0, 0.05) is 55.1 Å². The molecule has 2 aliphatic heterocycles. The number of carbonyl (C=O) groups excluding carboxylic acids is 3. The molecule has 0 bridgehead atoms. The Balaban J connectivity index is 1.34. The predicted molar refractivity (Wildman–Crippen MR) is 134 cm³/mol. The van der Waals surface area contributed by atoms with Crippen molar-refractivity contribution in [1.29, 1.82) is 0 Å². The molecule has 3 aliphatic rings. The highest BCUT2D eigenvalue weighted by Gasteiger charge is 2.58. The summed E-state index contributed by atoms with van der Waals surface area (Å²) < 4.78 is 11.6. The molecule has 5 rings (SSSR count). The van der Waals surface area contributed by atoms with Gasteiger partial charge in [-0.2, -0.15) is 0 Å². The van der Waals surface area contributed by atoms with E-state index in [0.717, 1.165) is 11.1 Å². The van der Waals surface area contributed by atoms with Crippen molar-refractivity contribution in [3.8, 4) is 5.75 Å². The maximum absolute atomic E-state index is 13.3. The number of fused-ring (bicyclic) bond motifs is 2. The van der Waals surface area contributed by atoms with E-state index in [0.29, 0.717) is 30.0 Å². The highest BCUT2D eigenvalue weighted by Crippen LogP contribution is 2.47. The Hall–Kier alpha value is -3.55. The molecule has 2 aromatic carbocycles. The zero-order valence-corrected chi connectivity index (χ0v) is 21.3. The third-order valence-corrected chi connectivity index (χ3v) is 7.26. The van der Waals surface area contributed by atoms with Crippen molar-refractivity contribution in [3.63, 3.8) is 0 Å². The van der Waals surface area contributed by atoms with E-state index in [2.05, 4.69) is 10.6 Å². The van der Waals surface area contributed by atoms with Crippen LogP contribution in [0.2, 0.25) is 0 Å². The Labute approximate surface area is 211 Å². The lowest BCUT2D eigenvalue weighted by Gasteiger charge is -2.26. The van der Waals surface area contributed by atoms with E-state index in [1.54, 1.807) is 18.0 Å². The Morgan fingerprint density at radius 1 is 1.03 bits per heavy atom. The number of piperidine rings is 1. The Morgan fingerprint density at radius 3 is 2.31 bits per heavy atom. The third kappa shape index (κ3) is 4.40. The van der Waals surface area contributed by atoms with Gasteiger partial charge in [-0.05, 0) is 45.4 Å². The maximum atomic E-state index is 13.3. The minimum atomic E-state index is -0.535. The lowest BCUT2D eigenvalue weighted by atomic mass is 9.87. The van der Waals surface area contributed by atoms with Crippen molar-refractivity contribution in [3.05, 3.63) is 64.7 Å². The monoisotopic (exact) mass is 491 g/mol. The first-order valence-electron chi connectivity index (χ1n) is 12.5. The van der Waals surface area contributed by atoms with Crippen molar-refractivity contribution < 1.29 is 23.9 Å². The van der Waals surface area contributed by atoms with E-state index in [-0.39, 0.29) is 47.8 Å². The van der Waals surface area contributed by atoms with Gasteiger partial charge in [0.25, 0.3) is 11.8 Å². The molecule has 2 aromatic rings. The van der Waals surface area contributed by atoms with Crippen LogP contribution in [-0.2, 0) is 4.74 Å². The molecule has 0 spiro atoms. The second kappa shape index (κ2) is 8.84. The molecule has 0 radical (unpaired) electrons. The number of nitrogens with zero attached hydrogens (tertiary/aromatic N) is 1. The molecule has 3 amide bonds. The SMILES string of the molecule is CNC(=O)c1cc(C(=O)NC2[C@H]3CN(C(=O)OC(C)(C)C)C[C@@H]23)cc2c1O[C@H](C)[C@H]2c1ccccc1. The first kappa shape index (κ1) is 24.2. The van der Waals surface area contributed by atoms with Crippen molar-refractivity contribution >= 4 is 17.9 Å². The minimum absolute atomic E-state index is 0.00740. The van der Waals surface area contributed by atoms with Crippen LogP contribution in [0.15, 0.2) is 42.5 Å². The molecule has 8 heteroatoms. The van der Waals surface area contributed by atoms with Gasteiger partial charge >= 0.3 is 6.09 Å². The van der Waals surface area contributed by atoms with Crippen LogP contribution >= 0.6 is 0 Å². The summed E-state index contributed by atoms with van der Waals surface area (Å²) in [5, 5.41) is 5.79. The maximum Gasteiger partial charge on any atom is 0.410 e. The van der Waals surface area contributed by atoms with Gasteiger partial charge < -0.3 is 25.0 Å². The summed E-state index contributed by atoms with van der Waals surface area (Å²) in [7, 11) is 1.57. The number of hydrogen-bond donors (Lipinski definition) is 2. The Kier molecular flexibility index (Phi) is 5.93. The molecule has 5 atom stereocenters. The van der Waals surface area contributed by atoms with Gasteiger partial charge in [0.05, 0.1) is 5.56 Å². The van der Waals surface area contributed by atoms with Crippen molar-refractivity contribution in [2.75, 3.05) is 20.1 Å². The second-order valence-corrected chi connectivity index (χ2v) is 10.9. The fraction of sp³-hybridized carbons (Fsp3) is 0.464. The number of likely N-dealkylation sites (tertiary alicyclic amines) is 1. The predicted octanol–water partition coefficient (Wildman–Crippen LogP) is 3.55. The highest BCUT2D eigenvalue weighted by molar-refractivity contribution is 6.02. The quantitative estimate of drug-likeness (QED) is 0.682. The Bertz CT molecular complexity index is 1190. The lowest BCUT2D eigenvalue weighted by Crippen LogP contribution is -2.40. The minimum Gasteiger partial charge on any atom is -0.489 e. The number of nitrogens with one attached hydrogen (secondary N) is 2. The number of hydrogen-bond acceptors (Lipinski definition) is 5. The molecule has 2 fully saturated rings. The van der Waals surface area contributed by atoms with E-state index in [9.17, 15) is 14.4 Å². The third-order valence-electron chi connectivity index (χ3n) is 7.26. The normalized spacial score (nSPS) is 25.9. The van der Waals surface area contributed by atoms with E-state index >= 15 is 0 Å². The smallest absolute Gasteiger partial charge is 0.410 e. The van der Waals surface area contributed by atoms with Gasteiger partial charge in [-0.3, -0.25) is 9.59 Å². The van der Waals surface area contributed by atoms with E-state index in [1.165, 1.54) is 0 Å². The number of rotatable bonds is 4. The molecule has 1 saturated heterocycles. The molecule has 2 N–H and O–H groups in total. The Morgan fingerprint density at radius 2 is 1.69 bits per heavy atom. The summed E-state index contributed by atoms with van der Waals surface area (Å²) >= 11 is 0. The number of carbonyl (C=O) groups is 3. The average molecular weight is 492 g/mol. The van der Waals surface area contributed by atoms with Crippen LogP contribution in [0.5, 0.6) is 5.75 Å². The summed E-state index contributed by atoms with van der Waals surface area (Å²) in [4.78, 5) is 40.1. The zero-order chi connectivity index (χ0) is 25.8. The summed E-state index contributed by atoms with van der Waals surface area (Å²) in [6.45, 7) is 8.67. The molecule has 36 heavy (non-hydrogen) atoms. The van der Waals surface area contributed by atoms with Crippen LogP contribution in [-0.4, -0.2) is 60.7 Å². The van der Waals surface area contributed by atoms with E-state index in [4.69, 9.17) is 9.47 Å². The van der Waals surface area contributed by atoms with Crippen LogP contribution in [0, 0.1) is 11.8 Å².